The zero-order chi connectivity index (χ0) is 12.7. The van der Waals surface area contributed by atoms with Gasteiger partial charge in [-0.05, 0) is 42.5 Å². The highest BCUT2D eigenvalue weighted by atomic mass is 79.9. The minimum atomic E-state index is 0.485. The molecular formula is C13H18BrClOS. The summed E-state index contributed by atoms with van der Waals surface area (Å²) in [5.74, 6) is 3.76. The molecule has 0 aliphatic rings. The van der Waals surface area contributed by atoms with Crippen molar-refractivity contribution in [3.8, 4) is 5.75 Å². The summed E-state index contributed by atoms with van der Waals surface area (Å²) in [4.78, 5) is 0. The first kappa shape index (κ1) is 15.2. The Hall–Kier alpha value is 0.140. The second kappa shape index (κ2) is 8.28. The average Bonchev–Trinajstić information content (AvgIpc) is 2.30. The maximum Gasteiger partial charge on any atom is 0.126 e. The highest BCUT2D eigenvalue weighted by Crippen LogP contribution is 2.29. The molecular weight excluding hydrogens is 320 g/mol. The van der Waals surface area contributed by atoms with Crippen molar-refractivity contribution in [1.82, 2.24) is 0 Å². The van der Waals surface area contributed by atoms with Gasteiger partial charge >= 0.3 is 0 Å². The van der Waals surface area contributed by atoms with Crippen LogP contribution in [0.4, 0.5) is 0 Å². The summed E-state index contributed by atoms with van der Waals surface area (Å²) in [6.07, 6.45) is 1.08. The van der Waals surface area contributed by atoms with Gasteiger partial charge in [0.05, 0.1) is 12.5 Å². The molecule has 1 aromatic rings. The van der Waals surface area contributed by atoms with E-state index in [4.69, 9.17) is 16.3 Å². The Morgan fingerprint density at radius 3 is 2.82 bits per heavy atom. The number of halogens is 2. The van der Waals surface area contributed by atoms with E-state index in [1.165, 1.54) is 5.75 Å². The first-order valence-corrected chi connectivity index (χ1v) is 8.22. The quantitative estimate of drug-likeness (QED) is 0.510. The summed E-state index contributed by atoms with van der Waals surface area (Å²) >= 11 is 11.4. The van der Waals surface area contributed by atoms with Gasteiger partial charge in [-0.15, -0.1) is 11.6 Å². The molecule has 4 heteroatoms. The lowest BCUT2D eigenvalue weighted by Crippen LogP contribution is -2.02. The van der Waals surface area contributed by atoms with Gasteiger partial charge in [0.25, 0.3) is 0 Å². The van der Waals surface area contributed by atoms with Gasteiger partial charge in [-0.2, -0.15) is 11.8 Å². The van der Waals surface area contributed by atoms with Crippen molar-refractivity contribution in [1.29, 1.82) is 0 Å². The van der Waals surface area contributed by atoms with Crippen LogP contribution < -0.4 is 4.74 Å². The summed E-state index contributed by atoms with van der Waals surface area (Å²) in [5.41, 5.74) is 2.19. The zero-order valence-corrected chi connectivity index (χ0v) is 13.4. The maximum absolute atomic E-state index is 5.93. The van der Waals surface area contributed by atoms with E-state index in [0.717, 1.165) is 40.1 Å². The molecule has 0 spiro atoms. The first-order chi connectivity index (χ1) is 8.19. The molecule has 0 saturated heterocycles. The van der Waals surface area contributed by atoms with Gasteiger partial charge in [0, 0.05) is 10.0 Å². The molecule has 96 valence electrons. The Kier molecular flexibility index (Phi) is 7.40. The fraction of sp³-hybridized carbons (Fsp3) is 0.538. The topological polar surface area (TPSA) is 9.23 Å². The van der Waals surface area contributed by atoms with Crippen LogP contribution in [-0.4, -0.2) is 18.1 Å². The van der Waals surface area contributed by atoms with E-state index in [1.807, 2.05) is 17.8 Å². The normalized spacial score (nSPS) is 10.6. The number of rotatable bonds is 7. The van der Waals surface area contributed by atoms with E-state index >= 15 is 0 Å². The van der Waals surface area contributed by atoms with Crippen molar-refractivity contribution in [3.05, 3.63) is 27.7 Å². The van der Waals surface area contributed by atoms with Crippen LogP contribution in [0.3, 0.4) is 0 Å². The van der Waals surface area contributed by atoms with E-state index in [2.05, 4.69) is 35.8 Å². The lowest BCUT2D eigenvalue weighted by Gasteiger charge is -2.13. The van der Waals surface area contributed by atoms with Crippen LogP contribution in [0, 0.1) is 6.92 Å². The van der Waals surface area contributed by atoms with Crippen molar-refractivity contribution in [3.63, 3.8) is 0 Å². The number of ether oxygens (including phenoxy) is 1. The highest BCUT2D eigenvalue weighted by Gasteiger charge is 2.08. The zero-order valence-electron chi connectivity index (χ0n) is 10.3. The minimum absolute atomic E-state index is 0.485. The largest absolute Gasteiger partial charge is 0.493 e. The number of benzene rings is 1. The number of hydrogen-bond acceptors (Lipinski definition) is 2. The predicted octanol–water partition coefficient (Wildman–Crippen LogP) is 5.02. The summed E-state index contributed by atoms with van der Waals surface area (Å²) in [6.45, 7) is 4.99. The van der Waals surface area contributed by atoms with Gasteiger partial charge in [-0.3, -0.25) is 0 Å². The third-order valence-electron chi connectivity index (χ3n) is 2.34. The fourth-order valence-corrected chi connectivity index (χ4v) is 3.01. The minimum Gasteiger partial charge on any atom is -0.493 e. The van der Waals surface area contributed by atoms with E-state index in [-0.39, 0.29) is 0 Å². The maximum atomic E-state index is 5.93. The van der Waals surface area contributed by atoms with Crippen molar-refractivity contribution in [2.75, 3.05) is 18.1 Å². The van der Waals surface area contributed by atoms with Crippen molar-refractivity contribution in [2.24, 2.45) is 0 Å². The predicted molar refractivity (Wildman–Crippen MR) is 81.5 cm³/mol. The van der Waals surface area contributed by atoms with Crippen LogP contribution in [0.5, 0.6) is 5.75 Å². The van der Waals surface area contributed by atoms with Crippen LogP contribution in [0.1, 0.15) is 24.5 Å². The standard InChI is InChI=1S/C13H18BrClOS/c1-3-17-6-4-5-16-13-10(2)7-12(14)8-11(13)9-15/h7-8H,3-6,9H2,1-2H3. The molecule has 1 aromatic carbocycles. The van der Waals surface area contributed by atoms with Gasteiger partial charge in [0.15, 0.2) is 0 Å². The lowest BCUT2D eigenvalue weighted by atomic mass is 10.1. The second-order valence-electron chi connectivity index (χ2n) is 3.74. The van der Waals surface area contributed by atoms with E-state index in [0.29, 0.717) is 5.88 Å². The van der Waals surface area contributed by atoms with Crippen molar-refractivity contribution >= 4 is 39.3 Å². The molecule has 0 bridgehead atoms. The highest BCUT2D eigenvalue weighted by molar-refractivity contribution is 9.10. The number of aryl methyl sites for hydroxylation is 1. The molecule has 0 saturated carbocycles. The van der Waals surface area contributed by atoms with Crippen LogP contribution in [0.25, 0.3) is 0 Å². The molecule has 17 heavy (non-hydrogen) atoms. The van der Waals surface area contributed by atoms with Gasteiger partial charge in [0.1, 0.15) is 5.75 Å². The third kappa shape index (κ3) is 5.11. The molecule has 0 atom stereocenters. The summed E-state index contributed by atoms with van der Waals surface area (Å²) < 4.78 is 6.90. The second-order valence-corrected chi connectivity index (χ2v) is 6.32. The summed E-state index contributed by atoms with van der Waals surface area (Å²) in [5, 5.41) is 0. The van der Waals surface area contributed by atoms with Gasteiger partial charge in [-0.1, -0.05) is 22.9 Å². The van der Waals surface area contributed by atoms with Crippen LogP contribution in [0.2, 0.25) is 0 Å². The van der Waals surface area contributed by atoms with E-state index in [1.54, 1.807) is 0 Å². The molecule has 1 rings (SSSR count). The molecule has 0 radical (unpaired) electrons. The lowest BCUT2D eigenvalue weighted by molar-refractivity contribution is 0.314. The molecule has 0 heterocycles. The summed E-state index contributed by atoms with van der Waals surface area (Å²) in [7, 11) is 0. The molecule has 0 aliphatic heterocycles. The SMILES string of the molecule is CCSCCCOc1c(C)cc(Br)cc1CCl. The Morgan fingerprint density at radius 1 is 1.41 bits per heavy atom. The molecule has 0 aromatic heterocycles. The molecule has 1 nitrogen and oxygen atoms in total. The monoisotopic (exact) mass is 336 g/mol. The van der Waals surface area contributed by atoms with E-state index in [9.17, 15) is 0 Å². The van der Waals surface area contributed by atoms with Crippen LogP contribution >= 0.6 is 39.3 Å². The van der Waals surface area contributed by atoms with Crippen LogP contribution in [-0.2, 0) is 5.88 Å². The number of thioether (sulfide) groups is 1. The summed E-state index contributed by atoms with van der Waals surface area (Å²) in [6, 6.07) is 4.09. The smallest absolute Gasteiger partial charge is 0.126 e. The van der Waals surface area contributed by atoms with Gasteiger partial charge in [0.2, 0.25) is 0 Å². The first-order valence-electron chi connectivity index (χ1n) is 5.74. The average molecular weight is 338 g/mol. The van der Waals surface area contributed by atoms with Gasteiger partial charge < -0.3 is 4.74 Å². The van der Waals surface area contributed by atoms with E-state index < -0.39 is 0 Å². The Balaban J connectivity index is 2.57. The van der Waals surface area contributed by atoms with Crippen LogP contribution in [0.15, 0.2) is 16.6 Å². The van der Waals surface area contributed by atoms with Crippen molar-refractivity contribution in [2.45, 2.75) is 26.1 Å². The fourth-order valence-electron chi connectivity index (χ4n) is 1.58. The molecule has 0 unspecified atom stereocenters. The molecule has 0 amide bonds. The Labute approximate surface area is 121 Å². The number of hydrogen-bond donors (Lipinski definition) is 0. The van der Waals surface area contributed by atoms with Crippen molar-refractivity contribution < 1.29 is 4.74 Å². The Bertz CT molecular complexity index is 358. The molecule has 0 aliphatic carbocycles. The molecule has 0 N–H and O–H groups in total. The number of alkyl halides is 1. The van der Waals surface area contributed by atoms with Gasteiger partial charge in [-0.25, -0.2) is 0 Å². The Morgan fingerprint density at radius 2 is 2.18 bits per heavy atom. The third-order valence-corrected chi connectivity index (χ3v) is 4.08. The molecule has 0 fully saturated rings.